The third kappa shape index (κ3) is 3.75. The fourth-order valence-corrected chi connectivity index (χ4v) is 4.18. The molecular formula is C18H22N2O3S. The zero-order valence-corrected chi connectivity index (χ0v) is 14.7. The molecule has 1 amide bonds. The third-order valence-corrected chi connectivity index (χ3v) is 5.51. The molecule has 0 saturated carbocycles. The first-order chi connectivity index (χ1) is 11.7. The van der Waals surface area contributed by atoms with Crippen LogP contribution in [-0.2, 0) is 20.7 Å². The van der Waals surface area contributed by atoms with Crippen LogP contribution in [0.5, 0.6) is 0 Å². The lowest BCUT2D eigenvalue weighted by molar-refractivity contribution is -0.154. The van der Waals surface area contributed by atoms with E-state index >= 15 is 0 Å². The number of aryl methyl sites for hydroxylation is 1. The van der Waals surface area contributed by atoms with Crippen LogP contribution < -0.4 is 0 Å². The molecule has 0 bridgehead atoms. The molecule has 24 heavy (non-hydrogen) atoms. The van der Waals surface area contributed by atoms with Crippen LogP contribution in [0.1, 0.15) is 37.1 Å². The number of aromatic nitrogens is 1. The number of fused-ring (bicyclic) bond motifs is 1. The number of ether oxygens (including phenoxy) is 1. The number of nitrogens with zero attached hydrogens (tertiary/aromatic N) is 2. The second kappa shape index (κ2) is 7.75. The Morgan fingerprint density at radius 3 is 2.96 bits per heavy atom. The molecule has 128 valence electrons. The van der Waals surface area contributed by atoms with Gasteiger partial charge in [-0.05, 0) is 44.2 Å². The molecule has 1 aromatic heterocycles. The predicted molar refractivity (Wildman–Crippen MR) is 93.9 cm³/mol. The number of hydrogen-bond acceptors (Lipinski definition) is 5. The highest BCUT2D eigenvalue weighted by molar-refractivity contribution is 7.18. The lowest BCUT2D eigenvalue weighted by Gasteiger charge is -2.33. The molecule has 1 aliphatic rings. The Morgan fingerprint density at radius 2 is 2.17 bits per heavy atom. The monoisotopic (exact) mass is 346 g/mol. The molecule has 0 aliphatic carbocycles. The summed E-state index contributed by atoms with van der Waals surface area (Å²) in [6.45, 7) is 0.653. The van der Waals surface area contributed by atoms with Crippen molar-refractivity contribution in [3.63, 3.8) is 0 Å². The minimum atomic E-state index is -0.404. The van der Waals surface area contributed by atoms with E-state index in [2.05, 4.69) is 11.1 Å². The number of carbonyl (C=O) groups is 2. The maximum atomic E-state index is 12.5. The van der Waals surface area contributed by atoms with E-state index in [9.17, 15) is 9.59 Å². The molecule has 2 heterocycles. The van der Waals surface area contributed by atoms with Gasteiger partial charge in [0, 0.05) is 13.0 Å². The Balaban J connectivity index is 1.55. The molecular weight excluding hydrogens is 324 g/mol. The minimum Gasteiger partial charge on any atom is -0.467 e. The third-order valence-electron chi connectivity index (χ3n) is 4.42. The summed E-state index contributed by atoms with van der Waals surface area (Å²) in [7, 11) is 1.38. The van der Waals surface area contributed by atoms with E-state index in [4.69, 9.17) is 4.74 Å². The largest absolute Gasteiger partial charge is 0.467 e. The molecule has 6 heteroatoms. The summed E-state index contributed by atoms with van der Waals surface area (Å²) in [4.78, 5) is 30.6. The van der Waals surface area contributed by atoms with E-state index in [-0.39, 0.29) is 11.9 Å². The summed E-state index contributed by atoms with van der Waals surface area (Å²) in [5.74, 6) is -0.250. The van der Waals surface area contributed by atoms with Gasteiger partial charge in [-0.3, -0.25) is 4.79 Å². The van der Waals surface area contributed by atoms with Crippen LogP contribution in [0.3, 0.4) is 0 Å². The van der Waals surface area contributed by atoms with Gasteiger partial charge >= 0.3 is 5.97 Å². The van der Waals surface area contributed by atoms with Gasteiger partial charge in [-0.1, -0.05) is 12.1 Å². The Labute approximate surface area is 145 Å². The van der Waals surface area contributed by atoms with Gasteiger partial charge in [-0.2, -0.15) is 0 Å². The van der Waals surface area contributed by atoms with Gasteiger partial charge in [0.25, 0.3) is 0 Å². The van der Waals surface area contributed by atoms with Crippen molar-refractivity contribution in [1.82, 2.24) is 9.88 Å². The molecule has 1 fully saturated rings. The van der Waals surface area contributed by atoms with Crippen molar-refractivity contribution < 1.29 is 14.3 Å². The summed E-state index contributed by atoms with van der Waals surface area (Å²) in [5.41, 5.74) is 1.02. The number of carbonyl (C=O) groups excluding carboxylic acids is 2. The van der Waals surface area contributed by atoms with Crippen molar-refractivity contribution in [3.8, 4) is 0 Å². The zero-order valence-electron chi connectivity index (χ0n) is 13.9. The maximum absolute atomic E-state index is 12.5. The van der Waals surface area contributed by atoms with Gasteiger partial charge < -0.3 is 9.64 Å². The topological polar surface area (TPSA) is 59.5 Å². The molecule has 0 radical (unpaired) electrons. The smallest absolute Gasteiger partial charge is 0.328 e. The minimum absolute atomic E-state index is 0.0474. The first kappa shape index (κ1) is 16.9. The first-order valence-electron chi connectivity index (χ1n) is 8.41. The summed E-state index contributed by atoms with van der Waals surface area (Å²) in [5, 5.41) is 1.06. The van der Waals surface area contributed by atoms with Gasteiger partial charge in [0.15, 0.2) is 0 Å². The number of para-hydroxylation sites is 1. The van der Waals surface area contributed by atoms with Gasteiger partial charge in [-0.15, -0.1) is 11.3 Å². The van der Waals surface area contributed by atoms with Crippen LogP contribution in [0, 0.1) is 0 Å². The Morgan fingerprint density at radius 1 is 1.33 bits per heavy atom. The molecule has 5 nitrogen and oxygen atoms in total. The van der Waals surface area contributed by atoms with Crippen molar-refractivity contribution in [2.45, 2.75) is 44.6 Å². The Kier molecular flexibility index (Phi) is 5.45. The number of thiazole rings is 1. The SMILES string of the molecule is COC(=O)C1CCCCN1C(=O)CCCc1nc2ccccc2s1. The van der Waals surface area contributed by atoms with Crippen molar-refractivity contribution in [3.05, 3.63) is 29.3 Å². The van der Waals surface area contributed by atoms with Gasteiger partial charge in [0.1, 0.15) is 6.04 Å². The number of benzene rings is 1. The normalized spacial score (nSPS) is 17.9. The van der Waals surface area contributed by atoms with Crippen LogP contribution in [0.15, 0.2) is 24.3 Å². The van der Waals surface area contributed by atoms with Gasteiger partial charge in [0.05, 0.1) is 22.3 Å². The molecule has 0 spiro atoms. The fourth-order valence-electron chi connectivity index (χ4n) is 3.17. The molecule has 1 saturated heterocycles. The number of esters is 1. The molecule has 3 rings (SSSR count). The van der Waals surface area contributed by atoms with Crippen LogP contribution in [0.4, 0.5) is 0 Å². The van der Waals surface area contributed by atoms with E-state index in [0.717, 1.165) is 36.2 Å². The highest BCUT2D eigenvalue weighted by atomic mass is 32.1. The van der Waals surface area contributed by atoms with Crippen molar-refractivity contribution in [2.75, 3.05) is 13.7 Å². The predicted octanol–water partition coefficient (Wildman–Crippen LogP) is 3.17. The fraction of sp³-hybridized carbons (Fsp3) is 0.500. The second-order valence-electron chi connectivity index (χ2n) is 6.05. The highest BCUT2D eigenvalue weighted by Crippen LogP contribution is 2.24. The Bertz CT molecular complexity index is 695. The van der Waals surface area contributed by atoms with Crippen LogP contribution in [0.2, 0.25) is 0 Å². The lowest BCUT2D eigenvalue weighted by atomic mass is 10.0. The maximum Gasteiger partial charge on any atom is 0.328 e. The molecule has 0 N–H and O–H groups in total. The Hall–Kier alpha value is -1.95. The summed E-state index contributed by atoms with van der Waals surface area (Å²) >= 11 is 1.68. The average molecular weight is 346 g/mol. The molecule has 1 aliphatic heterocycles. The first-order valence-corrected chi connectivity index (χ1v) is 9.22. The van der Waals surface area contributed by atoms with Gasteiger partial charge in [0.2, 0.25) is 5.91 Å². The van der Waals surface area contributed by atoms with Gasteiger partial charge in [-0.25, -0.2) is 9.78 Å². The molecule has 1 unspecified atom stereocenters. The highest BCUT2D eigenvalue weighted by Gasteiger charge is 2.32. The van der Waals surface area contributed by atoms with Crippen LogP contribution in [0.25, 0.3) is 10.2 Å². The number of piperidine rings is 1. The summed E-state index contributed by atoms with van der Waals surface area (Å²) < 4.78 is 6.02. The van der Waals surface area contributed by atoms with E-state index in [1.807, 2.05) is 18.2 Å². The molecule has 1 atom stereocenters. The molecule has 1 aromatic carbocycles. The number of methoxy groups -OCH3 is 1. The number of amides is 1. The second-order valence-corrected chi connectivity index (χ2v) is 7.17. The van der Waals surface area contributed by atoms with Crippen molar-refractivity contribution >= 4 is 33.4 Å². The number of rotatable bonds is 5. The number of likely N-dealkylation sites (tertiary alicyclic amines) is 1. The quantitative estimate of drug-likeness (QED) is 0.780. The van der Waals surface area contributed by atoms with E-state index < -0.39 is 6.04 Å². The van der Waals surface area contributed by atoms with E-state index in [1.54, 1.807) is 16.2 Å². The van der Waals surface area contributed by atoms with E-state index in [1.165, 1.54) is 11.8 Å². The average Bonchev–Trinajstić information content (AvgIpc) is 3.03. The molecule has 2 aromatic rings. The van der Waals surface area contributed by atoms with E-state index in [0.29, 0.717) is 19.4 Å². The standard InChI is InChI=1S/C18H22N2O3S/c1-23-18(22)14-8-4-5-12-20(14)17(21)11-6-10-16-19-13-7-2-3-9-15(13)24-16/h2-3,7,9,14H,4-6,8,10-12H2,1H3. The number of hydrogen-bond donors (Lipinski definition) is 0. The lowest BCUT2D eigenvalue weighted by Crippen LogP contribution is -2.48. The van der Waals surface area contributed by atoms with Crippen molar-refractivity contribution in [2.24, 2.45) is 0 Å². The van der Waals surface area contributed by atoms with Crippen LogP contribution >= 0.6 is 11.3 Å². The van der Waals surface area contributed by atoms with Crippen LogP contribution in [-0.4, -0.2) is 41.5 Å². The summed E-state index contributed by atoms with van der Waals surface area (Å²) in [6.07, 6.45) is 4.62. The van der Waals surface area contributed by atoms with Crippen molar-refractivity contribution in [1.29, 1.82) is 0 Å². The summed E-state index contributed by atoms with van der Waals surface area (Å²) in [6, 6.07) is 7.67. The zero-order chi connectivity index (χ0) is 16.9.